The number of ether oxygens (including phenoxy) is 3. The fourth-order valence-electron chi connectivity index (χ4n) is 3.06. The van der Waals surface area contributed by atoms with Crippen molar-refractivity contribution in [3.8, 4) is 11.5 Å². The zero-order valence-corrected chi connectivity index (χ0v) is 21.4. The smallest absolute Gasteiger partial charge is 0.344 e. The highest BCUT2D eigenvalue weighted by molar-refractivity contribution is 9.10. The molecule has 7 nitrogen and oxygen atoms in total. The molecule has 2 aromatic carbocycles. The molecule has 1 aliphatic heterocycles. The molecule has 1 saturated heterocycles. The fraction of sp³-hybridized carbons (Fsp3) is 0.292. The van der Waals surface area contributed by atoms with Crippen molar-refractivity contribution >= 4 is 56.5 Å². The van der Waals surface area contributed by atoms with Crippen LogP contribution in [0.15, 0.2) is 50.8 Å². The van der Waals surface area contributed by atoms with Gasteiger partial charge in [0.15, 0.2) is 23.3 Å². The second kappa shape index (κ2) is 12.0. The van der Waals surface area contributed by atoms with Gasteiger partial charge in [-0.25, -0.2) is 14.2 Å². The maximum Gasteiger partial charge on any atom is 0.344 e. The highest BCUT2D eigenvalue weighted by Crippen LogP contribution is 2.39. The Morgan fingerprint density at radius 2 is 1.88 bits per heavy atom. The first-order valence-electron chi connectivity index (χ1n) is 10.7. The van der Waals surface area contributed by atoms with Crippen molar-refractivity contribution in [3.05, 3.63) is 57.2 Å². The van der Waals surface area contributed by atoms with Gasteiger partial charge in [-0.05, 0) is 96.5 Å². The lowest BCUT2D eigenvalue weighted by Crippen LogP contribution is -2.28. The maximum atomic E-state index is 13.2. The highest BCUT2D eigenvalue weighted by atomic mass is 79.9. The van der Waals surface area contributed by atoms with Crippen LogP contribution >= 0.6 is 27.7 Å². The maximum absolute atomic E-state index is 13.2. The average Bonchev–Trinajstić information content (AvgIpc) is 3.08. The molecule has 1 amide bonds. The minimum absolute atomic E-state index is 0.176. The van der Waals surface area contributed by atoms with Gasteiger partial charge in [0, 0.05) is 6.54 Å². The molecule has 1 heterocycles. The summed E-state index contributed by atoms with van der Waals surface area (Å²) in [5.74, 6) is -0.210. The van der Waals surface area contributed by atoms with E-state index in [-0.39, 0.29) is 24.9 Å². The molecule has 1 fully saturated rings. The summed E-state index contributed by atoms with van der Waals surface area (Å²) in [4.78, 5) is 31.2. The Morgan fingerprint density at radius 3 is 2.53 bits per heavy atom. The number of thioether (sulfide) groups is 1. The summed E-state index contributed by atoms with van der Waals surface area (Å²) in [6, 6.07) is 9.28. The molecule has 0 spiro atoms. The van der Waals surface area contributed by atoms with Crippen LogP contribution in [0.1, 0.15) is 26.3 Å². The van der Waals surface area contributed by atoms with E-state index in [0.717, 1.165) is 0 Å². The molecule has 0 bridgehead atoms. The van der Waals surface area contributed by atoms with Crippen molar-refractivity contribution in [2.45, 2.75) is 20.8 Å². The lowest BCUT2D eigenvalue weighted by molar-refractivity contribution is -0.145. The van der Waals surface area contributed by atoms with E-state index in [4.69, 9.17) is 14.2 Å². The zero-order chi connectivity index (χ0) is 24.7. The van der Waals surface area contributed by atoms with Gasteiger partial charge < -0.3 is 14.2 Å². The number of rotatable bonds is 9. The van der Waals surface area contributed by atoms with Crippen LogP contribution in [0.4, 0.5) is 10.1 Å². The summed E-state index contributed by atoms with van der Waals surface area (Å²) in [5, 5.41) is 0.517. The summed E-state index contributed by atoms with van der Waals surface area (Å²) in [5.41, 5.74) is 1.26. The zero-order valence-electron chi connectivity index (χ0n) is 19.0. The molecule has 0 unspecified atom stereocenters. The number of carbonyl (C=O) groups excluding carboxylic acids is 2. The summed E-state index contributed by atoms with van der Waals surface area (Å²) in [7, 11) is 0. The van der Waals surface area contributed by atoms with Gasteiger partial charge in [0.2, 0.25) is 0 Å². The topological polar surface area (TPSA) is 77.4 Å². The number of halogens is 2. The van der Waals surface area contributed by atoms with Gasteiger partial charge in [-0.3, -0.25) is 9.69 Å². The van der Waals surface area contributed by atoms with Gasteiger partial charge in [-0.2, -0.15) is 0 Å². The third-order valence-corrected chi connectivity index (χ3v) is 6.12. The molecule has 0 aliphatic carbocycles. The Bertz CT molecular complexity index is 1120. The SMILES string of the molecule is CCOC(=O)COc1c(Br)cc(/C=C2/SC(=Nc3ccc(F)cc3)N(CC)C2=O)cc1OCC. The summed E-state index contributed by atoms with van der Waals surface area (Å²) in [6.45, 7) is 6.26. The number of amides is 1. The lowest BCUT2D eigenvalue weighted by atomic mass is 10.2. The molecular formula is C24H24BrFN2O5S. The van der Waals surface area contributed by atoms with Crippen LogP contribution in [0.3, 0.4) is 0 Å². The average molecular weight is 551 g/mol. The summed E-state index contributed by atoms with van der Waals surface area (Å²) < 4.78 is 30.0. The molecule has 1 aliphatic rings. The van der Waals surface area contributed by atoms with Crippen molar-refractivity contribution in [1.82, 2.24) is 4.90 Å². The first kappa shape index (κ1) is 25.8. The van der Waals surface area contributed by atoms with E-state index in [0.29, 0.717) is 50.4 Å². The molecule has 180 valence electrons. The normalized spacial score (nSPS) is 15.8. The summed E-state index contributed by atoms with van der Waals surface area (Å²) in [6.07, 6.45) is 1.74. The van der Waals surface area contributed by atoms with Gasteiger partial charge in [-0.15, -0.1) is 0 Å². The molecule has 2 aromatic rings. The van der Waals surface area contributed by atoms with Gasteiger partial charge in [-0.1, -0.05) is 0 Å². The van der Waals surface area contributed by atoms with Crippen molar-refractivity contribution < 1.29 is 28.2 Å². The van der Waals surface area contributed by atoms with Crippen LogP contribution in [0.5, 0.6) is 11.5 Å². The first-order valence-corrected chi connectivity index (χ1v) is 12.3. The molecule has 0 saturated carbocycles. The molecule has 3 rings (SSSR count). The minimum Gasteiger partial charge on any atom is -0.490 e. The number of carbonyl (C=O) groups is 2. The van der Waals surface area contributed by atoms with E-state index in [9.17, 15) is 14.0 Å². The highest BCUT2D eigenvalue weighted by Gasteiger charge is 2.32. The number of benzene rings is 2. The third kappa shape index (κ3) is 6.38. The van der Waals surface area contributed by atoms with Gasteiger partial charge >= 0.3 is 5.97 Å². The summed E-state index contributed by atoms with van der Waals surface area (Å²) >= 11 is 4.71. The van der Waals surface area contributed by atoms with Crippen LogP contribution in [0.2, 0.25) is 0 Å². The molecule has 0 radical (unpaired) electrons. The number of amidine groups is 1. The number of hydrogen-bond acceptors (Lipinski definition) is 7. The number of likely N-dealkylation sites (N-methyl/N-ethyl adjacent to an activating group) is 1. The number of esters is 1. The Hall–Kier alpha value is -2.85. The quantitative estimate of drug-likeness (QED) is 0.301. The monoisotopic (exact) mass is 550 g/mol. The Morgan fingerprint density at radius 1 is 1.15 bits per heavy atom. The Kier molecular flexibility index (Phi) is 9.12. The second-order valence-electron chi connectivity index (χ2n) is 6.89. The van der Waals surface area contributed by atoms with Crippen LogP contribution < -0.4 is 9.47 Å². The first-order chi connectivity index (χ1) is 16.4. The molecule has 10 heteroatoms. The van der Waals surface area contributed by atoms with Crippen molar-refractivity contribution in [2.24, 2.45) is 4.99 Å². The molecule has 0 N–H and O–H groups in total. The van der Waals surface area contributed by atoms with E-state index in [1.807, 2.05) is 13.8 Å². The standard InChI is InChI=1S/C24H24BrFN2O5S/c1-4-28-23(30)20(34-24(28)27-17-9-7-16(26)8-10-17)13-15-11-18(25)22(19(12-15)31-5-2)33-14-21(29)32-6-3/h7-13H,4-6,14H2,1-3H3/b20-13+,27-24?. The van der Waals surface area contributed by atoms with Gasteiger partial charge in [0.1, 0.15) is 5.82 Å². The van der Waals surface area contributed by atoms with Crippen LogP contribution in [-0.2, 0) is 14.3 Å². The largest absolute Gasteiger partial charge is 0.490 e. The van der Waals surface area contributed by atoms with Gasteiger partial charge in [0.05, 0.1) is 28.3 Å². The van der Waals surface area contributed by atoms with E-state index >= 15 is 0 Å². The van der Waals surface area contributed by atoms with E-state index in [2.05, 4.69) is 20.9 Å². The molecular weight excluding hydrogens is 527 g/mol. The molecule has 0 aromatic heterocycles. The number of hydrogen-bond donors (Lipinski definition) is 0. The van der Waals surface area contributed by atoms with Crippen molar-refractivity contribution in [3.63, 3.8) is 0 Å². The third-order valence-electron chi connectivity index (χ3n) is 4.52. The van der Waals surface area contributed by atoms with Crippen LogP contribution in [0, 0.1) is 5.82 Å². The fourth-order valence-corrected chi connectivity index (χ4v) is 4.69. The predicted molar refractivity (Wildman–Crippen MR) is 134 cm³/mol. The lowest BCUT2D eigenvalue weighted by Gasteiger charge is -2.14. The molecule has 0 atom stereocenters. The van der Waals surface area contributed by atoms with Crippen LogP contribution in [-0.4, -0.2) is 48.3 Å². The van der Waals surface area contributed by atoms with E-state index < -0.39 is 5.97 Å². The van der Waals surface area contributed by atoms with Crippen LogP contribution in [0.25, 0.3) is 6.08 Å². The minimum atomic E-state index is -0.483. The van der Waals surface area contributed by atoms with Crippen molar-refractivity contribution in [2.75, 3.05) is 26.4 Å². The van der Waals surface area contributed by atoms with Crippen molar-refractivity contribution in [1.29, 1.82) is 0 Å². The Balaban J connectivity index is 1.89. The Labute approximate surface area is 210 Å². The number of nitrogens with zero attached hydrogens (tertiary/aromatic N) is 2. The number of aliphatic imine (C=N–C) groups is 1. The van der Waals surface area contributed by atoms with E-state index in [1.165, 1.54) is 23.9 Å². The van der Waals surface area contributed by atoms with E-state index in [1.54, 1.807) is 42.2 Å². The second-order valence-corrected chi connectivity index (χ2v) is 8.75. The molecule has 34 heavy (non-hydrogen) atoms. The van der Waals surface area contributed by atoms with Gasteiger partial charge in [0.25, 0.3) is 5.91 Å². The predicted octanol–water partition coefficient (Wildman–Crippen LogP) is 5.55.